The summed E-state index contributed by atoms with van der Waals surface area (Å²) in [6.45, 7) is 2.55. The molecule has 2 amide bonds. The first-order valence-corrected chi connectivity index (χ1v) is 15.4. The number of amides is 2. The van der Waals surface area contributed by atoms with Gasteiger partial charge in [0.1, 0.15) is 11.9 Å². The number of carbonyl (C=O) groups excluding carboxylic acids is 2. The average Bonchev–Trinajstić information content (AvgIpc) is 2.93. The van der Waals surface area contributed by atoms with Crippen LogP contribution < -0.4 is 9.62 Å². The molecule has 3 rings (SSSR count). The molecule has 0 bridgehead atoms. The van der Waals surface area contributed by atoms with Crippen molar-refractivity contribution in [1.29, 1.82) is 0 Å². The molecule has 0 fully saturated rings. The van der Waals surface area contributed by atoms with Gasteiger partial charge in [0, 0.05) is 37.5 Å². The molecule has 214 valence electrons. The molecule has 0 saturated heterocycles. The van der Waals surface area contributed by atoms with Gasteiger partial charge in [0.05, 0.1) is 11.9 Å². The molecular formula is C30H35ClFN3O4S. The zero-order valence-electron chi connectivity index (χ0n) is 22.7. The van der Waals surface area contributed by atoms with E-state index in [1.165, 1.54) is 29.2 Å². The van der Waals surface area contributed by atoms with Gasteiger partial charge in [0.2, 0.25) is 21.8 Å². The summed E-state index contributed by atoms with van der Waals surface area (Å²) >= 11 is 6.44. The highest BCUT2D eigenvalue weighted by Crippen LogP contribution is 2.23. The Labute approximate surface area is 241 Å². The molecule has 1 unspecified atom stereocenters. The fourth-order valence-corrected chi connectivity index (χ4v) is 5.50. The number of anilines is 1. The minimum atomic E-state index is -3.68. The van der Waals surface area contributed by atoms with E-state index in [-0.39, 0.29) is 37.7 Å². The Morgan fingerprint density at radius 1 is 0.975 bits per heavy atom. The minimum absolute atomic E-state index is 0.00991. The molecule has 3 aromatic carbocycles. The molecule has 0 spiro atoms. The molecule has 0 radical (unpaired) electrons. The summed E-state index contributed by atoms with van der Waals surface area (Å²) in [7, 11) is -3.68. The van der Waals surface area contributed by atoms with Gasteiger partial charge < -0.3 is 10.2 Å². The summed E-state index contributed by atoms with van der Waals surface area (Å²) in [6.07, 6.45) is 2.29. The van der Waals surface area contributed by atoms with Gasteiger partial charge in [-0.1, -0.05) is 67.1 Å². The number of rotatable bonds is 14. The van der Waals surface area contributed by atoms with Crippen LogP contribution in [0.5, 0.6) is 0 Å². The highest BCUT2D eigenvalue weighted by atomic mass is 35.5. The Bertz CT molecular complexity index is 1370. The van der Waals surface area contributed by atoms with Gasteiger partial charge in [-0.05, 0) is 54.3 Å². The van der Waals surface area contributed by atoms with Crippen LogP contribution in [0.4, 0.5) is 10.1 Å². The van der Waals surface area contributed by atoms with Gasteiger partial charge >= 0.3 is 0 Å². The van der Waals surface area contributed by atoms with E-state index in [4.69, 9.17) is 11.6 Å². The van der Waals surface area contributed by atoms with Crippen molar-refractivity contribution in [3.8, 4) is 0 Å². The quantitative estimate of drug-likeness (QED) is 0.281. The van der Waals surface area contributed by atoms with Crippen molar-refractivity contribution >= 4 is 39.1 Å². The van der Waals surface area contributed by atoms with Crippen molar-refractivity contribution in [2.75, 3.05) is 23.7 Å². The molecule has 1 N–H and O–H groups in total. The van der Waals surface area contributed by atoms with E-state index in [0.29, 0.717) is 29.2 Å². The van der Waals surface area contributed by atoms with Crippen LogP contribution >= 0.6 is 11.6 Å². The second-order valence-corrected chi connectivity index (χ2v) is 11.8. The summed E-state index contributed by atoms with van der Waals surface area (Å²) in [6, 6.07) is 21.0. The molecule has 1 atom stereocenters. The van der Waals surface area contributed by atoms with Crippen LogP contribution in [-0.4, -0.2) is 50.5 Å². The van der Waals surface area contributed by atoms with E-state index < -0.39 is 21.9 Å². The lowest BCUT2D eigenvalue weighted by Gasteiger charge is -2.32. The first kappa shape index (κ1) is 31.1. The standard InChI is InChI=1S/C30H35ClFN3O4S/c1-3-19-33-30(37)28(21-23-10-5-4-6-11-23)34(22-24-12-7-8-13-27(24)31)29(36)14-9-20-35(40(2,38)39)26-17-15-25(32)16-18-26/h4-8,10-13,15-18,28H,3,9,14,19-22H2,1-2H3,(H,33,37). The number of benzene rings is 3. The molecule has 10 heteroatoms. The van der Waals surface area contributed by atoms with Gasteiger partial charge in [-0.25, -0.2) is 12.8 Å². The van der Waals surface area contributed by atoms with Crippen LogP contribution in [0.2, 0.25) is 5.02 Å². The first-order chi connectivity index (χ1) is 19.1. The van der Waals surface area contributed by atoms with Crippen molar-refractivity contribution in [2.45, 2.75) is 45.2 Å². The normalized spacial score (nSPS) is 12.0. The maximum Gasteiger partial charge on any atom is 0.243 e. The SMILES string of the molecule is CCCNC(=O)C(Cc1ccccc1)N(Cc1ccccc1Cl)C(=O)CCCN(c1ccc(F)cc1)S(C)(=O)=O. The van der Waals surface area contributed by atoms with Crippen molar-refractivity contribution < 1.29 is 22.4 Å². The third-order valence-electron chi connectivity index (χ3n) is 6.39. The van der Waals surface area contributed by atoms with E-state index in [1.54, 1.807) is 12.1 Å². The van der Waals surface area contributed by atoms with Gasteiger partial charge in [-0.3, -0.25) is 13.9 Å². The van der Waals surface area contributed by atoms with Crippen LogP contribution in [-0.2, 0) is 32.6 Å². The fraction of sp³-hybridized carbons (Fsp3) is 0.333. The maximum atomic E-state index is 13.8. The molecule has 0 heterocycles. The largest absolute Gasteiger partial charge is 0.354 e. The lowest BCUT2D eigenvalue weighted by molar-refractivity contribution is -0.141. The lowest BCUT2D eigenvalue weighted by Crippen LogP contribution is -2.50. The monoisotopic (exact) mass is 587 g/mol. The number of hydrogen-bond acceptors (Lipinski definition) is 4. The topological polar surface area (TPSA) is 86.8 Å². The van der Waals surface area contributed by atoms with Crippen LogP contribution in [0.25, 0.3) is 0 Å². The molecule has 0 saturated carbocycles. The van der Waals surface area contributed by atoms with E-state index >= 15 is 0 Å². The van der Waals surface area contributed by atoms with Crippen LogP contribution in [0, 0.1) is 5.82 Å². The minimum Gasteiger partial charge on any atom is -0.354 e. The Balaban J connectivity index is 1.87. The van der Waals surface area contributed by atoms with E-state index in [0.717, 1.165) is 22.5 Å². The zero-order valence-corrected chi connectivity index (χ0v) is 24.3. The molecular weight excluding hydrogens is 553 g/mol. The zero-order chi connectivity index (χ0) is 29.1. The van der Waals surface area contributed by atoms with E-state index in [9.17, 15) is 22.4 Å². The molecule has 40 heavy (non-hydrogen) atoms. The molecule has 7 nitrogen and oxygen atoms in total. The maximum absolute atomic E-state index is 13.8. The Morgan fingerprint density at radius 2 is 1.62 bits per heavy atom. The Kier molecular flexibility index (Phi) is 11.5. The molecule has 0 aromatic heterocycles. The smallest absolute Gasteiger partial charge is 0.243 e. The number of sulfonamides is 1. The second kappa shape index (κ2) is 14.8. The van der Waals surface area contributed by atoms with Crippen LogP contribution in [0.3, 0.4) is 0 Å². The molecule has 0 aliphatic heterocycles. The summed E-state index contributed by atoms with van der Waals surface area (Å²) in [5, 5.41) is 3.40. The Hall–Kier alpha value is -3.43. The second-order valence-electron chi connectivity index (χ2n) is 9.52. The van der Waals surface area contributed by atoms with Gasteiger partial charge in [0.15, 0.2) is 0 Å². The number of nitrogens with zero attached hydrogens (tertiary/aromatic N) is 2. The van der Waals surface area contributed by atoms with Crippen molar-refractivity contribution in [2.24, 2.45) is 0 Å². The Morgan fingerprint density at radius 3 is 2.25 bits per heavy atom. The first-order valence-electron chi connectivity index (χ1n) is 13.2. The summed E-state index contributed by atoms with van der Waals surface area (Å²) in [5.74, 6) is -1.05. The third-order valence-corrected chi connectivity index (χ3v) is 7.95. The van der Waals surface area contributed by atoms with Crippen molar-refractivity contribution in [3.63, 3.8) is 0 Å². The van der Waals surface area contributed by atoms with Gasteiger partial charge in [-0.2, -0.15) is 0 Å². The predicted octanol–water partition coefficient (Wildman–Crippen LogP) is 5.19. The average molecular weight is 588 g/mol. The molecule has 3 aromatic rings. The lowest BCUT2D eigenvalue weighted by atomic mass is 10.0. The van der Waals surface area contributed by atoms with Crippen molar-refractivity contribution in [1.82, 2.24) is 10.2 Å². The van der Waals surface area contributed by atoms with E-state index in [2.05, 4.69) is 5.32 Å². The van der Waals surface area contributed by atoms with Crippen LogP contribution in [0.1, 0.15) is 37.3 Å². The van der Waals surface area contributed by atoms with Crippen molar-refractivity contribution in [3.05, 3.63) is 101 Å². The number of nitrogens with one attached hydrogen (secondary N) is 1. The van der Waals surface area contributed by atoms with E-state index in [1.807, 2.05) is 49.4 Å². The van der Waals surface area contributed by atoms with Gasteiger partial charge in [0.25, 0.3) is 0 Å². The molecule has 0 aliphatic rings. The molecule has 0 aliphatic carbocycles. The highest BCUT2D eigenvalue weighted by Gasteiger charge is 2.30. The number of halogens is 2. The highest BCUT2D eigenvalue weighted by molar-refractivity contribution is 7.92. The predicted molar refractivity (Wildman–Crippen MR) is 157 cm³/mol. The summed E-state index contributed by atoms with van der Waals surface area (Å²) < 4.78 is 39.5. The van der Waals surface area contributed by atoms with Crippen LogP contribution in [0.15, 0.2) is 78.9 Å². The van der Waals surface area contributed by atoms with Gasteiger partial charge in [-0.15, -0.1) is 0 Å². The number of hydrogen-bond donors (Lipinski definition) is 1. The summed E-state index contributed by atoms with van der Waals surface area (Å²) in [5.41, 5.74) is 1.91. The fourth-order valence-electron chi connectivity index (χ4n) is 4.34. The summed E-state index contributed by atoms with van der Waals surface area (Å²) in [4.78, 5) is 28.7. The third kappa shape index (κ3) is 9.06. The number of carbonyl (C=O) groups is 2.